The van der Waals surface area contributed by atoms with Crippen molar-refractivity contribution in [1.29, 1.82) is 0 Å². The lowest BCUT2D eigenvalue weighted by molar-refractivity contribution is -0.156. The van der Waals surface area contributed by atoms with Gasteiger partial charge in [-0.1, -0.05) is 29.8 Å². The second-order valence-electron chi connectivity index (χ2n) is 8.37. The molecule has 0 amide bonds. The minimum Gasteiger partial charge on any atom is -0.462 e. The highest BCUT2D eigenvalue weighted by Crippen LogP contribution is 2.38. The molecule has 0 aliphatic rings. The highest BCUT2D eigenvalue weighted by atomic mass is 35.5. The van der Waals surface area contributed by atoms with E-state index in [1.807, 2.05) is 56.3 Å². The number of fused-ring (bicyclic) bond motifs is 1. The summed E-state index contributed by atoms with van der Waals surface area (Å²) in [4.78, 5) is 16.8. The Morgan fingerprint density at radius 2 is 1.79 bits per heavy atom. The van der Waals surface area contributed by atoms with E-state index in [-0.39, 0.29) is 12.6 Å². The zero-order valence-corrected chi connectivity index (χ0v) is 18.2. The first-order valence-corrected chi connectivity index (χ1v) is 9.98. The summed E-state index contributed by atoms with van der Waals surface area (Å²) in [6, 6.07) is 13.4. The summed E-state index contributed by atoms with van der Waals surface area (Å²) >= 11 is 6.08. The Morgan fingerprint density at radius 3 is 2.41 bits per heavy atom. The minimum atomic E-state index is -0.960. The normalized spacial score (nSPS) is 12.8. The molecule has 4 nitrogen and oxygen atoms in total. The number of benzene rings is 2. The van der Waals surface area contributed by atoms with E-state index in [2.05, 4.69) is 4.98 Å². The predicted octanol–water partition coefficient (Wildman–Crippen LogP) is 5.79. The van der Waals surface area contributed by atoms with Crippen molar-refractivity contribution in [1.82, 2.24) is 4.98 Å². The van der Waals surface area contributed by atoms with Crippen molar-refractivity contribution in [2.24, 2.45) is 5.41 Å². The molecule has 0 aliphatic heterocycles. The van der Waals surface area contributed by atoms with Crippen LogP contribution in [-0.2, 0) is 9.53 Å². The van der Waals surface area contributed by atoms with Gasteiger partial charge in [-0.25, -0.2) is 0 Å². The monoisotopic (exact) mass is 411 g/mol. The fraction of sp³-hybridized carbons (Fsp3) is 0.333. The number of aromatic nitrogens is 1. The molecule has 0 bridgehead atoms. The van der Waals surface area contributed by atoms with Gasteiger partial charge in [0.15, 0.2) is 0 Å². The molecule has 152 valence electrons. The van der Waals surface area contributed by atoms with Crippen LogP contribution < -0.4 is 0 Å². The summed E-state index contributed by atoms with van der Waals surface area (Å²) in [5.74, 6) is -0.347. The van der Waals surface area contributed by atoms with Gasteiger partial charge < -0.3 is 9.84 Å². The van der Waals surface area contributed by atoms with Gasteiger partial charge in [0.05, 0.1) is 10.9 Å². The standard InChI is InChI=1S/C24H26ClNO3/c1-14-12-19-18(11-6-15(2)26-19)22(16-7-9-17(25)10-8-16)21(14)20(27)13-29-23(28)24(3,4)5/h6-12,20,27H,13H2,1-5H3/t20-/m0/s1. The van der Waals surface area contributed by atoms with Gasteiger partial charge >= 0.3 is 5.97 Å². The lowest BCUT2D eigenvalue weighted by Crippen LogP contribution is -2.25. The SMILES string of the molecule is Cc1ccc2c(-c3ccc(Cl)cc3)c([C@@H](O)COC(=O)C(C)(C)C)c(C)cc2n1. The van der Waals surface area contributed by atoms with Gasteiger partial charge in [0, 0.05) is 16.1 Å². The number of aliphatic hydroxyl groups is 1. The second-order valence-corrected chi connectivity index (χ2v) is 8.81. The summed E-state index contributed by atoms with van der Waals surface area (Å²) in [7, 11) is 0. The van der Waals surface area contributed by atoms with Crippen LogP contribution in [0, 0.1) is 19.3 Å². The Hall–Kier alpha value is -2.43. The molecule has 0 saturated heterocycles. The highest BCUT2D eigenvalue weighted by Gasteiger charge is 2.26. The third-order valence-corrected chi connectivity index (χ3v) is 5.08. The molecule has 0 aliphatic carbocycles. The summed E-state index contributed by atoms with van der Waals surface area (Å²) in [5.41, 5.74) is 4.57. The van der Waals surface area contributed by atoms with Crippen LogP contribution in [0.2, 0.25) is 5.02 Å². The largest absolute Gasteiger partial charge is 0.462 e. The van der Waals surface area contributed by atoms with E-state index in [1.54, 1.807) is 20.8 Å². The van der Waals surface area contributed by atoms with Gasteiger partial charge in [-0.2, -0.15) is 0 Å². The van der Waals surface area contributed by atoms with E-state index in [1.165, 1.54) is 0 Å². The van der Waals surface area contributed by atoms with Gasteiger partial charge in [0.1, 0.15) is 12.7 Å². The first-order chi connectivity index (χ1) is 13.6. The van der Waals surface area contributed by atoms with Gasteiger partial charge in [-0.15, -0.1) is 0 Å². The number of nitrogens with zero attached hydrogens (tertiary/aromatic N) is 1. The van der Waals surface area contributed by atoms with E-state index in [0.29, 0.717) is 5.02 Å². The van der Waals surface area contributed by atoms with Crippen LogP contribution in [0.15, 0.2) is 42.5 Å². The maximum Gasteiger partial charge on any atom is 0.311 e. The molecule has 1 aromatic heterocycles. The zero-order chi connectivity index (χ0) is 21.3. The Bertz CT molecular complexity index is 1050. The van der Waals surface area contributed by atoms with Crippen molar-refractivity contribution in [2.45, 2.75) is 40.7 Å². The average Bonchev–Trinajstić information content (AvgIpc) is 2.64. The van der Waals surface area contributed by atoms with Gasteiger partial charge in [-0.3, -0.25) is 9.78 Å². The van der Waals surface area contributed by atoms with E-state index < -0.39 is 11.5 Å². The Kier molecular flexibility index (Phi) is 5.97. The molecule has 1 N–H and O–H groups in total. The molecule has 2 aromatic carbocycles. The number of hydrogen-bond donors (Lipinski definition) is 1. The van der Waals surface area contributed by atoms with Gasteiger partial charge in [0.2, 0.25) is 0 Å². The smallest absolute Gasteiger partial charge is 0.311 e. The van der Waals surface area contributed by atoms with E-state index in [0.717, 1.165) is 38.9 Å². The third kappa shape index (κ3) is 4.60. The molecule has 3 rings (SSSR count). The number of rotatable bonds is 4. The number of halogens is 1. The van der Waals surface area contributed by atoms with Crippen molar-refractivity contribution >= 4 is 28.5 Å². The number of aliphatic hydroxyl groups excluding tert-OH is 1. The zero-order valence-electron chi connectivity index (χ0n) is 17.4. The van der Waals surface area contributed by atoms with Crippen LogP contribution in [0.25, 0.3) is 22.0 Å². The third-order valence-electron chi connectivity index (χ3n) is 4.83. The number of carbonyl (C=O) groups is 1. The number of aryl methyl sites for hydroxylation is 2. The summed E-state index contributed by atoms with van der Waals surface area (Å²) in [5, 5.41) is 12.6. The summed E-state index contributed by atoms with van der Waals surface area (Å²) in [6.07, 6.45) is -0.960. The average molecular weight is 412 g/mol. The van der Waals surface area contributed by atoms with Crippen molar-refractivity contribution in [3.05, 3.63) is 64.3 Å². The maximum atomic E-state index is 12.2. The number of hydrogen-bond acceptors (Lipinski definition) is 4. The molecule has 1 atom stereocenters. The molecule has 3 aromatic rings. The number of carbonyl (C=O) groups excluding carboxylic acids is 1. The molecular formula is C24H26ClNO3. The Labute approximate surface area is 176 Å². The molecule has 29 heavy (non-hydrogen) atoms. The molecule has 0 radical (unpaired) electrons. The topological polar surface area (TPSA) is 59.4 Å². The van der Waals surface area contributed by atoms with Crippen molar-refractivity contribution in [2.75, 3.05) is 6.61 Å². The summed E-state index contributed by atoms with van der Waals surface area (Å²) in [6.45, 7) is 9.14. The second kappa shape index (κ2) is 8.13. The van der Waals surface area contributed by atoms with E-state index in [4.69, 9.17) is 16.3 Å². The van der Waals surface area contributed by atoms with Crippen molar-refractivity contribution < 1.29 is 14.6 Å². The van der Waals surface area contributed by atoms with Crippen molar-refractivity contribution in [3.63, 3.8) is 0 Å². The maximum absolute atomic E-state index is 12.2. The molecular weight excluding hydrogens is 386 g/mol. The first-order valence-electron chi connectivity index (χ1n) is 9.60. The Morgan fingerprint density at radius 1 is 1.14 bits per heavy atom. The van der Waals surface area contributed by atoms with Crippen molar-refractivity contribution in [3.8, 4) is 11.1 Å². The molecule has 0 saturated carbocycles. The van der Waals surface area contributed by atoms with Crippen LogP contribution in [-0.4, -0.2) is 22.7 Å². The number of pyridine rings is 1. The lowest BCUT2D eigenvalue weighted by Gasteiger charge is -2.23. The predicted molar refractivity (Wildman–Crippen MR) is 117 cm³/mol. The van der Waals surface area contributed by atoms with Crippen LogP contribution in [0.4, 0.5) is 0 Å². The molecule has 0 fully saturated rings. The molecule has 1 heterocycles. The van der Waals surface area contributed by atoms with Crippen LogP contribution in [0.1, 0.15) is 43.7 Å². The van der Waals surface area contributed by atoms with Gasteiger partial charge in [-0.05, 0) is 81.1 Å². The lowest BCUT2D eigenvalue weighted by atomic mass is 9.89. The minimum absolute atomic E-state index is 0.109. The molecule has 0 unspecified atom stereocenters. The molecule has 0 spiro atoms. The van der Waals surface area contributed by atoms with Gasteiger partial charge in [0.25, 0.3) is 0 Å². The first kappa shape index (κ1) is 21.3. The highest BCUT2D eigenvalue weighted by molar-refractivity contribution is 6.30. The number of esters is 1. The van der Waals surface area contributed by atoms with E-state index >= 15 is 0 Å². The summed E-state index contributed by atoms with van der Waals surface area (Å²) < 4.78 is 5.39. The quantitative estimate of drug-likeness (QED) is 0.551. The van der Waals surface area contributed by atoms with Crippen LogP contribution >= 0.6 is 11.6 Å². The fourth-order valence-electron chi connectivity index (χ4n) is 3.33. The van der Waals surface area contributed by atoms with E-state index in [9.17, 15) is 9.90 Å². The Balaban J connectivity index is 2.14. The number of ether oxygens (including phenoxy) is 1. The molecule has 5 heteroatoms. The fourth-order valence-corrected chi connectivity index (χ4v) is 3.46. The van der Waals surface area contributed by atoms with Crippen LogP contribution in [0.5, 0.6) is 0 Å². The van der Waals surface area contributed by atoms with Crippen LogP contribution in [0.3, 0.4) is 0 Å².